The SMILES string of the molecule is Cc1ccc(S(=O)(=O)N2CCC(C(=O)Nc3cccc(CN4CCSCC4)c3C)CC2)cc1. The molecule has 0 atom stereocenters. The van der Waals surface area contributed by atoms with Crippen LogP contribution in [0.2, 0.25) is 0 Å². The monoisotopic (exact) mass is 487 g/mol. The predicted octanol–water partition coefficient (Wildman–Crippen LogP) is 3.89. The highest BCUT2D eigenvalue weighted by Crippen LogP contribution is 2.27. The number of nitrogens with one attached hydrogen (secondary N) is 1. The van der Waals surface area contributed by atoms with Crippen molar-refractivity contribution in [3.05, 3.63) is 59.2 Å². The van der Waals surface area contributed by atoms with Gasteiger partial charge in [0, 0.05) is 55.8 Å². The molecule has 2 aromatic rings. The lowest BCUT2D eigenvalue weighted by atomic mass is 9.96. The van der Waals surface area contributed by atoms with E-state index in [1.54, 1.807) is 12.1 Å². The van der Waals surface area contributed by atoms with Gasteiger partial charge in [0.05, 0.1) is 4.90 Å². The summed E-state index contributed by atoms with van der Waals surface area (Å²) < 4.78 is 27.4. The highest BCUT2D eigenvalue weighted by Gasteiger charge is 2.32. The van der Waals surface area contributed by atoms with Gasteiger partial charge in [-0.1, -0.05) is 29.8 Å². The third-order valence-corrected chi connectivity index (χ3v) is 9.54. The molecule has 2 fully saturated rings. The normalized spacial score (nSPS) is 18.8. The summed E-state index contributed by atoms with van der Waals surface area (Å²) in [5.41, 5.74) is 4.25. The number of aryl methyl sites for hydroxylation is 1. The first-order valence-corrected chi connectivity index (χ1v) is 14.2. The molecule has 0 spiro atoms. The summed E-state index contributed by atoms with van der Waals surface area (Å²) in [6.07, 6.45) is 1.06. The van der Waals surface area contributed by atoms with Gasteiger partial charge in [0.25, 0.3) is 0 Å². The molecule has 2 heterocycles. The number of anilines is 1. The Bertz CT molecular complexity index is 1070. The van der Waals surface area contributed by atoms with Crippen molar-refractivity contribution in [1.29, 1.82) is 0 Å². The van der Waals surface area contributed by atoms with Gasteiger partial charge in [0.2, 0.25) is 15.9 Å². The summed E-state index contributed by atoms with van der Waals surface area (Å²) >= 11 is 2.00. The fraction of sp³-hybridized carbons (Fsp3) is 0.480. The standard InChI is InChI=1S/C25H33N3O3S2/c1-19-6-8-23(9-7-19)33(30,31)28-12-10-21(11-13-28)25(29)26-24-5-3-4-22(20(24)2)18-27-14-16-32-17-15-27/h3-9,21H,10-18H2,1-2H3,(H,26,29). The van der Waals surface area contributed by atoms with E-state index in [1.165, 1.54) is 21.4 Å². The van der Waals surface area contributed by atoms with Crippen molar-refractivity contribution >= 4 is 33.4 Å². The maximum Gasteiger partial charge on any atom is 0.243 e. The minimum atomic E-state index is -3.52. The van der Waals surface area contributed by atoms with E-state index < -0.39 is 10.0 Å². The highest BCUT2D eigenvalue weighted by molar-refractivity contribution is 7.99. The number of carbonyl (C=O) groups is 1. The molecule has 4 rings (SSSR count). The van der Waals surface area contributed by atoms with Crippen LogP contribution >= 0.6 is 11.8 Å². The molecule has 0 saturated carbocycles. The van der Waals surface area contributed by atoms with Crippen LogP contribution in [0.25, 0.3) is 0 Å². The van der Waals surface area contributed by atoms with Crippen molar-refractivity contribution in [2.75, 3.05) is 43.0 Å². The summed E-state index contributed by atoms with van der Waals surface area (Å²) in [7, 11) is -3.52. The minimum Gasteiger partial charge on any atom is -0.326 e. The van der Waals surface area contributed by atoms with Crippen LogP contribution in [-0.2, 0) is 21.4 Å². The van der Waals surface area contributed by atoms with Crippen molar-refractivity contribution in [1.82, 2.24) is 9.21 Å². The number of sulfonamides is 1. The zero-order valence-corrected chi connectivity index (χ0v) is 21.1. The van der Waals surface area contributed by atoms with Gasteiger partial charge in [-0.2, -0.15) is 16.1 Å². The Balaban J connectivity index is 1.35. The number of hydrogen-bond donors (Lipinski definition) is 1. The van der Waals surface area contributed by atoms with Crippen LogP contribution < -0.4 is 5.32 Å². The molecule has 2 aromatic carbocycles. The van der Waals surface area contributed by atoms with E-state index in [2.05, 4.69) is 23.2 Å². The van der Waals surface area contributed by atoms with Gasteiger partial charge in [0.1, 0.15) is 0 Å². The smallest absolute Gasteiger partial charge is 0.243 e. The van der Waals surface area contributed by atoms with Crippen molar-refractivity contribution in [2.24, 2.45) is 5.92 Å². The summed E-state index contributed by atoms with van der Waals surface area (Å²) in [5, 5.41) is 3.12. The predicted molar refractivity (Wildman–Crippen MR) is 135 cm³/mol. The minimum absolute atomic E-state index is 0.0167. The fourth-order valence-corrected chi connectivity index (χ4v) is 6.89. The number of amides is 1. The topological polar surface area (TPSA) is 69.7 Å². The molecule has 0 bridgehead atoms. The molecule has 2 aliphatic heterocycles. The molecule has 2 aliphatic rings. The molecule has 1 N–H and O–H groups in total. The largest absolute Gasteiger partial charge is 0.326 e. The van der Waals surface area contributed by atoms with E-state index in [1.807, 2.05) is 43.0 Å². The Morgan fingerprint density at radius 1 is 1.00 bits per heavy atom. The van der Waals surface area contributed by atoms with E-state index in [9.17, 15) is 13.2 Å². The third-order valence-electron chi connectivity index (χ3n) is 6.68. The average molecular weight is 488 g/mol. The molecule has 0 radical (unpaired) electrons. The van der Waals surface area contributed by atoms with E-state index >= 15 is 0 Å². The summed E-state index contributed by atoms with van der Waals surface area (Å²) in [6.45, 7) is 7.84. The molecule has 6 nitrogen and oxygen atoms in total. The van der Waals surface area contributed by atoms with Crippen molar-refractivity contribution < 1.29 is 13.2 Å². The number of rotatable bonds is 6. The number of nitrogens with zero attached hydrogens (tertiary/aromatic N) is 2. The molecule has 1 amide bonds. The van der Waals surface area contributed by atoms with Gasteiger partial charge in [-0.3, -0.25) is 9.69 Å². The lowest BCUT2D eigenvalue weighted by Crippen LogP contribution is -2.41. The number of carbonyl (C=O) groups excluding carboxylic acids is 1. The van der Waals surface area contributed by atoms with Crippen molar-refractivity contribution in [3.8, 4) is 0 Å². The van der Waals surface area contributed by atoms with E-state index in [-0.39, 0.29) is 11.8 Å². The second kappa shape index (κ2) is 10.6. The lowest BCUT2D eigenvalue weighted by Gasteiger charge is -2.31. The number of benzene rings is 2. The lowest BCUT2D eigenvalue weighted by molar-refractivity contribution is -0.120. The van der Waals surface area contributed by atoms with Gasteiger partial charge in [0.15, 0.2) is 0 Å². The Morgan fingerprint density at radius 2 is 1.67 bits per heavy atom. The van der Waals surface area contributed by atoms with E-state index in [4.69, 9.17) is 0 Å². The van der Waals surface area contributed by atoms with Crippen molar-refractivity contribution in [3.63, 3.8) is 0 Å². The molecular formula is C25H33N3O3S2. The zero-order valence-electron chi connectivity index (χ0n) is 19.4. The molecule has 0 aliphatic carbocycles. The number of hydrogen-bond acceptors (Lipinski definition) is 5. The molecular weight excluding hydrogens is 454 g/mol. The van der Waals surface area contributed by atoms with Crippen molar-refractivity contribution in [2.45, 2.75) is 38.1 Å². The van der Waals surface area contributed by atoms with Crippen LogP contribution in [0.4, 0.5) is 5.69 Å². The Hall–Kier alpha value is -1.87. The Labute approximate surface area is 201 Å². The molecule has 178 valence electrons. The number of thioether (sulfide) groups is 1. The first-order chi connectivity index (χ1) is 15.8. The summed E-state index contributed by atoms with van der Waals surface area (Å²) in [4.78, 5) is 15.8. The van der Waals surface area contributed by atoms with Gasteiger partial charge in [-0.15, -0.1) is 0 Å². The quantitative estimate of drug-likeness (QED) is 0.669. The van der Waals surface area contributed by atoms with Crippen LogP contribution in [-0.4, -0.2) is 61.2 Å². The van der Waals surface area contributed by atoms with Gasteiger partial charge in [-0.25, -0.2) is 8.42 Å². The van der Waals surface area contributed by atoms with Crippen LogP contribution in [0.1, 0.15) is 29.5 Å². The molecule has 2 saturated heterocycles. The summed E-state index contributed by atoms with van der Waals surface area (Å²) in [6, 6.07) is 13.0. The third kappa shape index (κ3) is 5.80. The second-order valence-corrected chi connectivity index (χ2v) is 12.1. The number of piperidine rings is 1. The average Bonchev–Trinajstić information content (AvgIpc) is 2.82. The van der Waals surface area contributed by atoms with E-state index in [0.717, 1.165) is 36.4 Å². The summed E-state index contributed by atoms with van der Waals surface area (Å²) in [5.74, 6) is 2.15. The molecule has 0 unspecified atom stereocenters. The molecule has 0 aromatic heterocycles. The van der Waals surface area contributed by atoms with Crippen LogP contribution in [0, 0.1) is 19.8 Å². The Kier molecular flexibility index (Phi) is 7.79. The van der Waals surface area contributed by atoms with Gasteiger partial charge in [-0.05, 0) is 56.0 Å². The molecule has 33 heavy (non-hydrogen) atoms. The maximum absolute atomic E-state index is 13.0. The maximum atomic E-state index is 13.0. The van der Waals surface area contributed by atoms with Crippen LogP contribution in [0.15, 0.2) is 47.4 Å². The fourth-order valence-electron chi connectivity index (χ4n) is 4.44. The first-order valence-electron chi connectivity index (χ1n) is 11.6. The highest BCUT2D eigenvalue weighted by atomic mass is 32.2. The van der Waals surface area contributed by atoms with Crippen LogP contribution in [0.3, 0.4) is 0 Å². The second-order valence-electron chi connectivity index (χ2n) is 8.96. The van der Waals surface area contributed by atoms with Gasteiger partial charge < -0.3 is 5.32 Å². The van der Waals surface area contributed by atoms with E-state index in [0.29, 0.717) is 30.8 Å². The first kappa shape index (κ1) is 24.3. The Morgan fingerprint density at radius 3 is 2.33 bits per heavy atom. The van der Waals surface area contributed by atoms with Crippen LogP contribution in [0.5, 0.6) is 0 Å². The zero-order chi connectivity index (χ0) is 23.4. The van der Waals surface area contributed by atoms with Gasteiger partial charge >= 0.3 is 0 Å². The molecule has 8 heteroatoms.